The number of nitrogens with one attached hydrogen (secondary N) is 1. The molecule has 30 heavy (non-hydrogen) atoms. The minimum Gasteiger partial charge on any atom is -0.454 e. The van der Waals surface area contributed by atoms with Crippen molar-refractivity contribution in [2.24, 2.45) is 5.92 Å². The zero-order chi connectivity index (χ0) is 20.5. The number of aromatic nitrogens is 1. The van der Waals surface area contributed by atoms with Gasteiger partial charge >= 0.3 is 0 Å². The molecule has 1 aromatic heterocycles. The number of carbonyl (C=O) groups excluding carboxylic acids is 2. The van der Waals surface area contributed by atoms with Crippen LogP contribution in [0.25, 0.3) is 10.9 Å². The normalized spacial score (nSPS) is 17.7. The molecule has 1 fully saturated rings. The third kappa shape index (κ3) is 3.47. The van der Waals surface area contributed by atoms with Crippen LogP contribution in [0, 0.1) is 5.92 Å². The lowest BCUT2D eigenvalue weighted by Crippen LogP contribution is -2.33. The summed E-state index contributed by atoms with van der Waals surface area (Å²) in [6.45, 7) is 1.99. The van der Waals surface area contributed by atoms with Gasteiger partial charge in [-0.3, -0.25) is 9.59 Å². The van der Waals surface area contributed by atoms with E-state index in [1.165, 1.54) is 10.9 Å². The first-order valence-electron chi connectivity index (χ1n) is 10.2. The van der Waals surface area contributed by atoms with Crippen LogP contribution < -0.4 is 19.7 Å². The molecule has 0 bridgehead atoms. The smallest absolute Gasteiger partial charge is 0.231 e. The Balaban J connectivity index is 1.14. The second-order valence-corrected chi connectivity index (χ2v) is 7.66. The van der Waals surface area contributed by atoms with Crippen molar-refractivity contribution in [1.29, 1.82) is 0 Å². The van der Waals surface area contributed by atoms with E-state index < -0.39 is 0 Å². The molecule has 2 aliphatic heterocycles. The lowest BCUT2D eigenvalue weighted by molar-refractivity contribution is -0.126. The molecule has 154 valence electrons. The molecule has 0 unspecified atom stereocenters. The van der Waals surface area contributed by atoms with Crippen molar-refractivity contribution in [1.82, 2.24) is 9.88 Å². The van der Waals surface area contributed by atoms with E-state index in [2.05, 4.69) is 34.3 Å². The maximum Gasteiger partial charge on any atom is 0.231 e. The number of rotatable bonds is 6. The first-order valence-corrected chi connectivity index (χ1v) is 10.2. The highest BCUT2D eigenvalue weighted by molar-refractivity contribution is 6.00. The van der Waals surface area contributed by atoms with Gasteiger partial charge in [0.1, 0.15) is 0 Å². The van der Waals surface area contributed by atoms with Crippen LogP contribution in [0.4, 0.5) is 5.69 Å². The Morgan fingerprint density at radius 2 is 1.97 bits per heavy atom. The molecule has 1 N–H and O–H groups in total. The summed E-state index contributed by atoms with van der Waals surface area (Å²) in [5.41, 5.74) is 1.93. The van der Waals surface area contributed by atoms with Crippen molar-refractivity contribution < 1.29 is 19.1 Å². The second kappa shape index (κ2) is 7.74. The predicted octanol–water partition coefficient (Wildman–Crippen LogP) is 2.93. The Bertz CT molecular complexity index is 1110. The fourth-order valence-corrected chi connectivity index (χ4v) is 4.13. The summed E-state index contributed by atoms with van der Waals surface area (Å²) in [5, 5.41) is 4.21. The number of carbonyl (C=O) groups is 2. The van der Waals surface area contributed by atoms with E-state index in [1.54, 1.807) is 17.0 Å². The lowest BCUT2D eigenvalue weighted by Gasteiger charge is -2.17. The van der Waals surface area contributed by atoms with Gasteiger partial charge in [-0.15, -0.1) is 0 Å². The minimum absolute atomic E-state index is 0.0483. The number of fused-ring (bicyclic) bond motifs is 2. The van der Waals surface area contributed by atoms with E-state index in [4.69, 9.17) is 9.47 Å². The molecule has 0 saturated carbocycles. The van der Waals surface area contributed by atoms with Crippen LogP contribution in [-0.4, -0.2) is 36.3 Å². The van der Waals surface area contributed by atoms with Crippen LogP contribution in [0.3, 0.4) is 0 Å². The fraction of sp³-hybridized carbons (Fsp3) is 0.304. The summed E-state index contributed by atoms with van der Waals surface area (Å²) in [6.07, 6.45) is 3.13. The van der Waals surface area contributed by atoms with Gasteiger partial charge in [0.25, 0.3) is 0 Å². The standard InChI is InChI=1S/C23H23N3O4/c27-22-12-17(14-26(22)18-6-7-20-21(13-18)30-15-29-20)23(28)24-9-3-10-25-11-8-16-4-1-2-5-19(16)25/h1-2,4-8,11,13,17H,3,9-10,12,14-15H2,(H,24,28)/t17-/m0/s1. The quantitative estimate of drug-likeness (QED) is 0.640. The molecule has 2 aliphatic rings. The number of ether oxygens (including phenoxy) is 2. The Kier molecular flexibility index (Phi) is 4.78. The fourth-order valence-electron chi connectivity index (χ4n) is 4.13. The van der Waals surface area contributed by atoms with Gasteiger partial charge in [0.05, 0.1) is 5.92 Å². The first kappa shape index (κ1) is 18.5. The molecular weight excluding hydrogens is 382 g/mol. The van der Waals surface area contributed by atoms with Crippen molar-refractivity contribution in [3.8, 4) is 11.5 Å². The molecule has 0 radical (unpaired) electrons. The van der Waals surface area contributed by atoms with Crippen LogP contribution in [-0.2, 0) is 16.1 Å². The van der Waals surface area contributed by atoms with Gasteiger partial charge < -0.3 is 24.3 Å². The number of hydrogen-bond acceptors (Lipinski definition) is 4. The number of anilines is 1. The Hall–Kier alpha value is -3.48. The van der Waals surface area contributed by atoms with Gasteiger partial charge in [-0.25, -0.2) is 0 Å². The molecule has 5 rings (SSSR count). The van der Waals surface area contributed by atoms with Crippen LogP contribution in [0.1, 0.15) is 12.8 Å². The summed E-state index contributed by atoms with van der Waals surface area (Å²) in [6, 6.07) is 15.8. The SMILES string of the molecule is O=C(NCCCn1ccc2ccccc21)[C@H]1CC(=O)N(c2ccc3c(c2)OCO3)C1. The van der Waals surface area contributed by atoms with Crippen molar-refractivity contribution in [3.05, 3.63) is 54.7 Å². The van der Waals surface area contributed by atoms with Crippen LogP contribution in [0.2, 0.25) is 0 Å². The average Bonchev–Trinajstić information content (AvgIpc) is 3.48. The van der Waals surface area contributed by atoms with Crippen LogP contribution in [0.15, 0.2) is 54.7 Å². The van der Waals surface area contributed by atoms with Crippen molar-refractivity contribution >= 4 is 28.4 Å². The molecule has 3 heterocycles. The van der Waals surface area contributed by atoms with E-state index in [0.29, 0.717) is 24.6 Å². The van der Waals surface area contributed by atoms with Gasteiger partial charge in [0.2, 0.25) is 18.6 Å². The average molecular weight is 405 g/mol. The molecule has 1 saturated heterocycles. The maximum absolute atomic E-state index is 12.6. The molecule has 2 amide bonds. The summed E-state index contributed by atoms with van der Waals surface area (Å²) >= 11 is 0. The Morgan fingerprint density at radius 1 is 1.10 bits per heavy atom. The van der Waals surface area contributed by atoms with Crippen molar-refractivity contribution in [3.63, 3.8) is 0 Å². The molecule has 3 aromatic rings. The summed E-state index contributed by atoms with van der Waals surface area (Å²) < 4.78 is 12.9. The third-order valence-corrected chi connectivity index (χ3v) is 5.72. The highest BCUT2D eigenvalue weighted by Crippen LogP contribution is 2.37. The highest BCUT2D eigenvalue weighted by atomic mass is 16.7. The molecule has 7 nitrogen and oxygen atoms in total. The number of nitrogens with zero attached hydrogens (tertiary/aromatic N) is 2. The van der Waals surface area contributed by atoms with E-state index in [0.717, 1.165) is 18.7 Å². The molecular formula is C23H23N3O4. The highest BCUT2D eigenvalue weighted by Gasteiger charge is 2.35. The largest absolute Gasteiger partial charge is 0.454 e. The number of para-hydroxylation sites is 1. The number of hydrogen-bond donors (Lipinski definition) is 1. The third-order valence-electron chi connectivity index (χ3n) is 5.72. The van der Waals surface area contributed by atoms with Crippen LogP contribution >= 0.6 is 0 Å². The van der Waals surface area contributed by atoms with Gasteiger partial charge in [-0.2, -0.15) is 0 Å². The van der Waals surface area contributed by atoms with Gasteiger partial charge in [0, 0.05) is 49.5 Å². The second-order valence-electron chi connectivity index (χ2n) is 7.66. The van der Waals surface area contributed by atoms with E-state index in [1.807, 2.05) is 18.2 Å². The van der Waals surface area contributed by atoms with Gasteiger partial charge in [-0.1, -0.05) is 18.2 Å². The predicted molar refractivity (Wildman–Crippen MR) is 113 cm³/mol. The Labute approximate surface area is 174 Å². The zero-order valence-corrected chi connectivity index (χ0v) is 16.5. The molecule has 7 heteroatoms. The summed E-state index contributed by atoms with van der Waals surface area (Å²) in [7, 11) is 0. The molecule has 2 aromatic carbocycles. The van der Waals surface area contributed by atoms with Crippen molar-refractivity contribution in [2.45, 2.75) is 19.4 Å². The molecule has 1 atom stereocenters. The van der Waals surface area contributed by atoms with Crippen LogP contribution in [0.5, 0.6) is 11.5 Å². The molecule has 0 spiro atoms. The minimum atomic E-state index is -0.338. The van der Waals surface area contributed by atoms with E-state index in [-0.39, 0.29) is 30.9 Å². The maximum atomic E-state index is 12.6. The first-order chi connectivity index (χ1) is 14.7. The van der Waals surface area contributed by atoms with E-state index in [9.17, 15) is 9.59 Å². The monoisotopic (exact) mass is 405 g/mol. The van der Waals surface area contributed by atoms with Gasteiger partial charge in [0.15, 0.2) is 11.5 Å². The zero-order valence-electron chi connectivity index (χ0n) is 16.5. The topological polar surface area (TPSA) is 72.8 Å². The number of amides is 2. The Morgan fingerprint density at radius 3 is 2.90 bits per heavy atom. The van der Waals surface area contributed by atoms with Gasteiger partial charge in [-0.05, 0) is 36.1 Å². The number of benzene rings is 2. The summed E-state index contributed by atoms with van der Waals surface area (Å²) in [4.78, 5) is 26.7. The van der Waals surface area contributed by atoms with Crippen molar-refractivity contribution in [2.75, 3.05) is 24.8 Å². The molecule has 0 aliphatic carbocycles. The van der Waals surface area contributed by atoms with E-state index >= 15 is 0 Å². The lowest BCUT2D eigenvalue weighted by atomic mass is 10.1. The summed E-state index contributed by atoms with van der Waals surface area (Å²) in [5.74, 6) is 0.855. The number of aryl methyl sites for hydroxylation is 1.